The topological polar surface area (TPSA) is 36.4 Å². The van der Waals surface area contributed by atoms with E-state index in [0.717, 1.165) is 12.1 Å². The summed E-state index contributed by atoms with van der Waals surface area (Å²) < 4.78 is 0. The number of rotatable bonds is 3. The molecule has 1 aromatic carbocycles. The Hall–Kier alpha value is -1.42. The van der Waals surface area contributed by atoms with Crippen molar-refractivity contribution in [3.8, 4) is 0 Å². The van der Waals surface area contributed by atoms with Crippen LogP contribution in [-0.2, 0) is 0 Å². The zero-order valence-corrected chi connectivity index (χ0v) is 12.4. The summed E-state index contributed by atoms with van der Waals surface area (Å²) in [5.74, 6) is 0.634. The summed E-state index contributed by atoms with van der Waals surface area (Å²) in [7, 11) is 0. The van der Waals surface area contributed by atoms with E-state index < -0.39 is 0 Å². The Kier molecular flexibility index (Phi) is 4.91. The van der Waals surface area contributed by atoms with Gasteiger partial charge in [-0.2, -0.15) is 5.10 Å². The van der Waals surface area contributed by atoms with Gasteiger partial charge in [0, 0.05) is 11.4 Å². The fraction of sp³-hybridized carbons (Fsp3) is 0.467. The summed E-state index contributed by atoms with van der Waals surface area (Å²) in [6, 6.07) is 8.14. The van der Waals surface area contributed by atoms with Gasteiger partial charge in [-0.3, -0.25) is 5.43 Å². The van der Waals surface area contributed by atoms with Crippen LogP contribution < -0.4 is 10.7 Å². The number of hydrazone groups is 1. The fourth-order valence-corrected chi connectivity index (χ4v) is 2.57. The van der Waals surface area contributed by atoms with Crippen molar-refractivity contribution < 1.29 is 0 Å². The lowest BCUT2D eigenvalue weighted by molar-refractivity contribution is 0.641. The molecule has 0 bridgehead atoms. The highest BCUT2D eigenvalue weighted by atomic mass is 32.1. The van der Waals surface area contributed by atoms with Crippen molar-refractivity contribution in [2.24, 2.45) is 11.0 Å². The van der Waals surface area contributed by atoms with Gasteiger partial charge in [0.25, 0.3) is 0 Å². The first-order valence-corrected chi connectivity index (χ1v) is 7.30. The van der Waals surface area contributed by atoms with Crippen LogP contribution in [-0.4, -0.2) is 10.8 Å². The Morgan fingerprint density at radius 1 is 1.37 bits per heavy atom. The van der Waals surface area contributed by atoms with Crippen molar-refractivity contribution in [1.82, 2.24) is 5.43 Å². The summed E-state index contributed by atoms with van der Waals surface area (Å²) in [6.45, 7) is 4.28. The van der Waals surface area contributed by atoms with Crippen LogP contribution in [0.5, 0.6) is 0 Å². The van der Waals surface area contributed by atoms with E-state index >= 15 is 0 Å². The Morgan fingerprint density at radius 3 is 2.79 bits per heavy atom. The van der Waals surface area contributed by atoms with E-state index in [4.69, 9.17) is 12.2 Å². The van der Waals surface area contributed by atoms with Gasteiger partial charge in [0.15, 0.2) is 5.11 Å². The smallest absolute Gasteiger partial charge is 0.191 e. The van der Waals surface area contributed by atoms with E-state index in [0.29, 0.717) is 11.0 Å². The van der Waals surface area contributed by atoms with Gasteiger partial charge >= 0.3 is 0 Å². The predicted octanol–water partition coefficient (Wildman–Crippen LogP) is 3.85. The molecule has 0 spiro atoms. The first kappa shape index (κ1) is 14.0. The zero-order chi connectivity index (χ0) is 13.7. The van der Waals surface area contributed by atoms with Gasteiger partial charge in [-0.05, 0) is 62.9 Å². The van der Waals surface area contributed by atoms with Gasteiger partial charge in [-0.15, -0.1) is 0 Å². The highest BCUT2D eigenvalue weighted by Crippen LogP contribution is 2.24. The molecule has 0 amide bonds. The number of aryl methyl sites for hydroxylation is 1. The minimum atomic E-state index is 0.554. The molecule has 0 aromatic heterocycles. The minimum absolute atomic E-state index is 0.554. The van der Waals surface area contributed by atoms with Crippen molar-refractivity contribution >= 4 is 28.7 Å². The predicted molar refractivity (Wildman–Crippen MR) is 85.6 cm³/mol. The molecule has 0 aliphatic heterocycles. The molecule has 1 saturated carbocycles. The number of anilines is 1. The van der Waals surface area contributed by atoms with E-state index in [9.17, 15) is 0 Å². The molecule has 0 heterocycles. The molecule has 2 N–H and O–H groups in total. The summed E-state index contributed by atoms with van der Waals surface area (Å²) in [6.07, 6.45) is 4.77. The second-order valence-corrected chi connectivity index (χ2v) is 5.44. The zero-order valence-electron chi connectivity index (χ0n) is 11.6. The highest BCUT2D eigenvalue weighted by molar-refractivity contribution is 7.80. The van der Waals surface area contributed by atoms with E-state index in [1.807, 2.05) is 12.1 Å². The summed E-state index contributed by atoms with van der Waals surface area (Å²) in [5.41, 5.74) is 6.45. The molecule has 0 saturated heterocycles. The molecule has 4 heteroatoms. The lowest BCUT2D eigenvalue weighted by Gasteiger charge is -2.10. The van der Waals surface area contributed by atoms with Crippen molar-refractivity contribution in [1.29, 1.82) is 0 Å². The van der Waals surface area contributed by atoms with Gasteiger partial charge in [-0.1, -0.05) is 24.6 Å². The molecule has 2 rings (SSSR count). The third-order valence-corrected chi connectivity index (χ3v) is 3.75. The first-order valence-electron chi connectivity index (χ1n) is 6.89. The summed E-state index contributed by atoms with van der Waals surface area (Å²) in [4.78, 5) is 0. The van der Waals surface area contributed by atoms with E-state index in [-0.39, 0.29) is 0 Å². The largest absolute Gasteiger partial charge is 0.331 e. The molecule has 1 aliphatic rings. The minimum Gasteiger partial charge on any atom is -0.331 e. The number of benzene rings is 1. The average molecular weight is 275 g/mol. The van der Waals surface area contributed by atoms with Crippen LogP contribution in [0.3, 0.4) is 0 Å². The van der Waals surface area contributed by atoms with Crippen molar-refractivity contribution in [3.63, 3.8) is 0 Å². The van der Waals surface area contributed by atoms with Crippen LogP contribution >= 0.6 is 12.2 Å². The number of thiocarbonyl (C=S) groups is 1. The maximum absolute atomic E-state index is 5.25. The van der Waals surface area contributed by atoms with Crippen LogP contribution in [0, 0.1) is 12.8 Å². The molecule has 19 heavy (non-hydrogen) atoms. The Balaban J connectivity index is 1.87. The lowest BCUT2D eigenvalue weighted by atomic mass is 10.0. The van der Waals surface area contributed by atoms with Crippen molar-refractivity contribution in [3.05, 3.63) is 29.8 Å². The van der Waals surface area contributed by atoms with Gasteiger partial charge in [0.1, 0.15) is 0 Å². The normalized spacial score (nSPS) is 20.5. The van der Waals surface area contributed by atoms with Gasteiger partial charge in [0.05, 0.1) is 0 Å². The van der Waals surface area contributed by atoms with Crippen molar-refractivity contribution in [2.45, 2.75) is 39.5 Å². The molecule has 0 radical (unpaired) electrons. The van der Waals surface area contributed by atoms with Gasteiger partial charge in [0.2, 0.25) is 0 Å². The van der Waals surface area contributed by atoms with Crippen LogP contribution in [0.1, 0.15) is 38.2 Å². The maximum Gasteiger partial charge on any atom is 0.191 e. The first-order chi connectivity index (χ1) is 9.19. The van der Waals surface area contributed by atoms with E-state index in [2.05, 4.69) is 41.8 Å². The molecule has 1 aromatic rings. The van der Waals surface area contributed by atoms with Gasteiger partial charge < -0.3 is 5.32 Å². The molecule has 1 fully saturated rings. The van der Waals surface area contributed by atoms with Crippen LogP contribution in [0.25, 0.3) is 0 Å². The molecule has 102 valence electrons. The molecular formula is C15H21N3S. The lowest BCUT2D eigenvalue weighted by Crippen LogP contribution is -2.25. The maximum atomic E-state index is 5.25. The Morgan fingerprint density at radius 2 is 2.11 bits per heavy atom. The quantitative estimate of drug-likeness (QED) is 0.650. The number of nitrogens with zero attached hydrogens (tertiary/aromatic N) is 1. The number of hydrogen-bond donors (Lipinski definition) is 2. The second-order valence-electron chi connectivity index (χ2n) is 5.03. The second kappa shape index (κ2) is 6.66. The average Bonchev–Trinajstić information content (AvgIpc) is 2.86. The molecule has 1 unspecified atom stereocenters. The third kappa shape index (κ3) is 4.03. The third-order valence-electron chi connectivity index (χ3n) is 3.56. The van der Waals surface area contributed by atoms with Gasteiger partial charge in [-0.25, -0.2) is 0 Å². The number of hydrogen-bond acceptors (Lipinski definition) is 2. The monoisotopic (exact) mass is 275 g/mol. The van der Waals surface area contributed by atoms with Crippen molar-refractivity contribution in [2.75, 3.05) is 5.32 Å². The standard InChI is InChI=1S/C15H21N3S/c1-3-12-5-4-6-14(12)17-18-15(19)16-13-9-7-11(2)8-10-13/h7-10,12H,3-6H2,1-2H3,(H2,16,18,19). The van der Waals surface area contributed by atoms with Crippen LogP contribution in [0.4, 0.5) is 5.69 Å². The number of nitrogens with one attached hydrogen (secondary N) is 2. The molecule has 1 aliphatic carbocycles. The summed E-state index contributed by atoms with van der Waals surface area (Å²) >= 11 is 5.25. The Bertz CT molecular complexity index is 465. The van der Waals surface area contributed by atoms with E-state index in [1.54, 1.807) is 0 Å². The molecular weight excluding hydrogens is 254 g/mol. The van der Waals surface area contributed by atoms with E-state index in [1.165, 1.54) is 30.5 Å². The molecule has 1 atom stereocenters. The fourth-order valence-electron chi connectivity index (χ4n) is 2.41. The van der Waals surface area contributed by atoms with Crippen LogP contribution in [0.2, 0.25) is 0 Å². The highest BCUT2D eigenvalue weighted by Gasteiger charge is 2.20. The van der Waals surface area contributed by atoms with Crippen LogP contribution in [0.15, 0.2) is 29.4 Å². The Labute approximate surface area is 120 Å². The summed E-state index contributed by atoms with van der Waals surface area (Å²) in [5, 5.41) is 8.15. The SMILES string of the molecule is CCC1CCCC1=NNC(=S)Nc1ccc(C)cc1. The molecule has 3 nitrogen and oxygen atoms in total.